The SMILES string of the molecule is COc1cccc(N(C)N)c1SCc1ccc(Cl)o1. The summed E-state index contributed by atoms with van der Waals surface area (Å²) >= 11 is 7.35. The van der Waals surface area contributed by atoms with Gasteiger partial charge in [0, 0.05) is 7.05 Å². The molecule has 0 unspecified atom stereocenters. The predicted molar refractivity (Wildman–Crippen MR) is 78.9 cm³/mol. The summed E-state index contributed by atoms with van der Waals surface area (Å²) in [5.74, 6) is 8.09. The minimum atomic E-state index is 0.395. The summed E-state index contributed by atoms with van der Waals surface area (Å²) in [5, 5.41) is 1.96. The highest BCUT2D eigenvalue weighted by atomic mass is 35.5. The Morgan fingerprint density at radius 1 is 1.37 bits per heavy atom. The number of halogens is 1. The molecule has 0 amide bonds. The lowest BCUT2D eigenvalue weighted by atomic mass is 10.3. The normalized spacial score (nSPS) is 10.5. The molecule has 0 radical (unpaired) electrons. The van der Waals surface area contributed by atoms with Crippen molar-refractivity contribution in [1.29, 1.82) is 0 Å². The number of hydrazine groups is 1. The topological polar surface area (TPSA) is 51.6 Å². The van der Waals surface area contributed by atoms with Gasteiger partial charge in [-0.3, -0.25) is 0 Å². The first-order chi connectivity index (χ1) is 9.11. The van der Waals surface area contributed by atoms with Crippen LogP contribution in [0.1, 0.15) is 5.76 Å². The van der Waals surface area contributed by atoms with Crippen LogP contribution < -0.4 is 15.6 Å². The van der Waals surface area contributed by atoms with E-state index in [0.29, 0.717) is 11.0 Å². The zero-order valence-corrected chi connectivity index (χ0v) is 12.3. The van der Waals surface area contributed by atoms with Crippen molar-refractivity contribution in [3.05, 3.63) is 41.3 Å². The van der Waals surface area contributed by atoms with E-state index in [1.165, 1.54) is 0 Å². The molecule has 0 bridgehead atoms. The number of methoxy groups -OCH3 is 1. The number of benzene rings is 1. The minimum absolute atomic E-state index is 0.395. The lowest BCUT2D eigenvalue weighted by Gasteiger charge is -2.18. The molecule has 102 valence electrons. The van der Waals surface area contributed by atoms with Crippen LogP contribution in [0.25, 0.3) is 0 Å². The molecule has 6 heteroatoms. The molecule has 0 spiro atoms. The first-order valence-electron chi connectivity index (χ1n) is 5.64. The molecule has 1 heterocycles. The molecule has 1 aromatic carbocycles. The monoisotopic (exact) mass is 298 g/mol. The number of nitrogens with zero attached hydrogens (tertiary/aromatic N) is 1. The number of rotatable bonds is 5. The first-order valence-corrected chi connectivity index (χ1v) is 7.00. The van der Waals surface area contributed by atoms with Gasteiger partial charge in [0.25, 0.3) is 0 Å². The fourth-order valence-corrected chi connectivity index (χ4v) is 2.92. The van der Waals surface area contributed by atoms with Crippen LogP contribution in [0.15, 0.2) is 39.6 Å². The second-order valence-corrected chi connectivity index (χ2v) is 5.27. The maximum Gasteiger partial charge on any atom is 0.193 e. The van der Waals surface area contributed by atoms with E-state index < -0.39 is 0 Å². The van der Waals surface area contributed by atoms with Gasteiger partial charge in [0.15, 0.2) is 5.22 Å². The molecule has 2 N–H and O–H groups in total. The van der Waals surface area contributed by atoms with Crippen LogP contribution in [0.3, 0.4) is 0 Å². The van der Waals surface area contributed by atoms with Crippen molar-refractivity contribution in [2.45, 2.75) is 10.6 Å². The van der Waals surface area contributed by atoms with Gasteiger partial charge in [0.2, 0.25) is 0 Å². The van der Waals surface area contributed by atoms with E-state index in [0.717, 1.165) is 22.1 Å². The number of ether oxygens (including phenoxy) is 1. The number of anilines is 1. The van der Waals surface area contributed by atoms with Crippen molar-refractivity contribution in [2.24, 2.45) is 5.84 Å². The smallest absolute Gasteiger partial charge is 0.193 e. The van der Waals surface area contributed by atoms with E-state index in [-0.39, 0.29) is 0 Å². The zero-order valence-electron chi connectivity index (χ0n) is 10.7. The van der Waals surface area contributed by atoms with Crippen LogP contribution >= 0.6 is 23.4 Å². The molecule has 0 saturated heterocycles. The van der Waals surface area contributed by atoms with Gasteiger partial charge in [-0.2, -0.15) is 0 Å². The van der Waals surface area contributed by atoms with Gasteiger partial charge in [0.1, 0.15) is 11.5 Å². The first kappa shape index (κ1) is 14.1. The third-order valence-electron chi connectivity index (χ3n) is 2.55. The van der Waals surface area contributed by atoms with Crippen LogP contribution in [0, 0.1) is 0 Å². The van der Waals surface area contributed by atoms with Crippen LogP contribution in [0.2, 0.25) is 5.22 Å². The predicted octanol–water partition coefficient (Wildman–Crippen LogP) is 3.54. The minimum Gasteiger partial charge on any atom is -0.496 e. The average molecular weight is 299 g/mol. The van der Waals surface area contributed by atoms with E-state index in [9.17, 15) is 0 Å². The van der Waals surface area contributed by atoms with Crippen molar-refractivity contribution in [2.75, 3.05) is 19.2 Å². The Labute approximate surface area is 121 Å². The summed E-state index contributed by atoms with van der Waals surface area (Å²) in [5.41, 5.74) is 0.905. The summed E-state index contributed by atoms with van der Waals surface area (Å²) in [6, 6.07) is 9.35. The Morgan fingerprint density at radius 2 is 2.16 bits per heavy atom. The fraction of sp³-hybridized carbons (Fsp3) is 0.231. The Morgan fingerprint density at radius 3 is 2.74 bits per heavy atom. The van der Waals surface area contributed by atoms with Gasteiger partial charge in [-0.1, -0.05) is 6.07 Å². The Hall–Kier alpha value is -1.30. The van der Waals surface area contributed by atoms with Gasteiger partial charge in [-0.15, -0.1) is 11.8 Å². The van der Waals surface area contributed by atoms with Gasteiger partial charge >= 0.3 is 0 Å². The van der Waals surface area contributed by atoms with E-state index in [1.807, 2.05) is 24.3 Å². The second kappa shape index (κ2) is 6.23. The molecule has 0 atom stereocenters. The molecule has 1 aromatic heterocycles. The highest BCUT2D eigenvalue weighted by Gasteiger charge is 2.12. The third kappa shape index (κ3) is 3.37. The highest BCUT2D eigenvalue weighted by Crippen LogP contribution is 2.38. The molecule has 0 aliphatic carbocycles. The summed E-state index contributed by atoms with van der Waals surface area (Å²) in [6.45, 7) is 0. The maximum absolute atomic E-state index is 5.83. The second-order valence-electron chi connectivity index (χ2n) is 3.91. The summed E-state index contributed by atoms with van der Waals surface area (Å²) in [6.07, 6.45) is 0. The summed E-state index contributed by atoms with van der Waals surface area (Å²) in [4.78, 5) is 0.975. The third-order valence-corrected chi connectivity index (χ3v) is 3.88. The summed E-state index contributed by atoms with van der Waals surface area (Å²) in [7, 11) is 3.44. The molecular weight excluding hydrogens is 284 g/mol. The number of nitrogens with two attached hydrogens (primary N) is 1. The largest absolute Gasteiger partial charge is 0.496 e. The van der Waals surface area contributed by atoms with Gasteiger partial charge in [-0.05, 0) is 35.9 Å². The standard InChI is InChI=1S/C13H15ClN2O2S/c1-16(15)10-4-3-5-11(17-2)13(10)19-8-9-6-7-12(14)18-9/h3-7H,8,15H2,1-2H3. The molecule has 0 saturated carbocycles. The van der Waals surface area contributed by atoms with Crippen molar-refractivity contribution in [1.82, 2.24) is 0 Å². The van der Waals surface area contributed by atoms with E-state index in [1.54, 1.807) is 37.0 Å². The van der Waals surface area contributed by atoms with Crippen molar-refractivity contribution >= 4 is 29.1 Å². The number of thioether (sulfide) groups is 1. The Kier molecular flexibility index (Phi) is 4.63. The fourth-order valence-electron chi connectivity index (χ4n) is 1.66. The van der Waals surface area contributed by atoms with Gasteiger partial charge in [0.05, 0.1) is 23.4 Å². The van der Waals surface area contributed by atoms with Crippen LogP contribution in [0.5, 0.6) is 5.75 Å². The molecule has 2 rings (SSSR count). The Bertz CT molecular complexity index is 557. The van der Waals surface area contributed by atoms with Crippen molar-refractivity contribution < 1.29 is 9.15 Å². The number of furan rings is 1. The quantitative estimate of drug-likeness (QED) is 0.520. The summed E-state index contributed by atoms with van der Waals surface area (Å²) < 4.78 is 10.7. The molecule has 0 fully saturated rings. The average Bonchev–Trinajstić information content (AvgIpc) is 2.81. The zero-order chi connectivity index (χ0) is 13.8. The molecular formula is C13H15ClN2O2S. The molecule has 4 nitrogen and oxygen atoms in total. The molecule has 0 aliphatic rings. The van der Waals surface area contributed by atoms with Crippen molar-refractivity contribution in [3.8, 4) is 5.75 Å². The van der Waals surface area contributed by atoms with E-state index >= 15 is 0 Å². The van der Waals surface area contributed by atoms with E-state index in [2.05, 4.69) is 0 Å². The molecule has 2 aromatic rings. The van der Waals surface area contributed by atoms with Gasteiger partial charge < -0.3 is 14.2 Å². The lowest BCUT2D eigenvalue weighted by Crippen LogP contribution is -2.25. The van der Waals surface area contributed by atoms with Gasteiger partial charge in [-0.25, -0.2) is 5.84 Å². The van der Waals surface area contributed by atoms with Crippen LogP contribution in [-0.2, 0) is 5.75 Å². The molecule has 19 heavy (non-hydrogen) atoms. The highest BCUT2D eigenvalue weighted by molar-refractivity contribution is 7.98. The van der Waals surface area contributed by atoms with Crippen LogP contribution in [0.4, 0.5) is 5.69 Å². The number of hydrogen-bond donors (Lipinski definition) is 1. The lowest BCUT2D eigenvalue weighted by molar-refractivity contribution is 0.405. The Balaban J connectivity index is 2.22. The van der Waals surface area contributed by atoms with Crippen LogP contribution in [-0.4, -0.2) is 14.2 Å². The van der Waals surface area contributed by atoms with Crippen molar-refractivity contribution in [3.63, 3.8) is 0 Å². The molecule has 0 aliphatic heterocycles. The maximum atomic E-state index is 5.83. The van der Waals surface area contributed by atoms with E-state index in [4.69, 9.17) is 26.6 Å². The number of hydrogen-bond acceptors (Lipinski definition) is 5.